The van der Waals surface area contributed by atoms with Gasteiger partial charge in [0, 0.05) is 12.2 Å². The number of hydrogen-bond donors (Lipinski definition) is 2. The molecule has 0 saturated heterocycles. The molecule has 0 unspecified atom stereocenters. The van der Waals surface area contributed by atoms with Crippen LogP contribution in [0, 0.1) is 6.92 Å². The van der Waals surface area contributed by atoms with E-state index in [2.05, 4.69) is 24.4 Å². The van der Waals surface area contributed by atoms with Crippen molar-refractivity contribution in [1.29, 1.82) is 0 Å². The number of aromatic hydroxyl groups is 1. The van der Waals surface area contributed by atoms with E-state index in [0.717, 1.165) is 11.3 Å². The van der Waals surface area contributed by atoms with Crippen LogP contribution in [0.25, 0.3) is 0 Å². The van der Waals surface area contributed by atoms with Crippen molar-refractivity contribution in [3.63, 3.8) is 0 Å². The Morgan fingerprint density at radius 3 is 2.74 bits per heavy atom. The van der Waals surface area contributed by atoms with Gasteiger partial charge in [0.15, 0.2) is 11.5 Å². The standard InChI is InChI=1S/C16H19NO2/c1-3-19-16-10-13(7-8-15(16)18)11-17-14-6-4-5-12(2)9-14/h4-10,17-18H,3,11H2,1-2H3. The van der Waals surface area contributed by atoms with Crippen LogP contribution in [0.3, 0.4) is 0 Å². The molecule has 3 nitrogen and oxygen atoms in total. The molecule has 0 aliphatic rings. The maximum atomic E-state index is 9.64. The van der Waals surface area contributed by atoms with Gasteiger partial charge in [0.25, 0.3) is 0 Å². The number of phenols is 1. The summed E-state index contributed by atoms with van der Waals surface area (Å²) in [5.74, 6) is 0.715. The number of ether oxygens (including phenoxy) is 1. The Balaban J connectivity index is 2.05. The van der Waals surface area contributed by atoms with Crippen molar-refractivity contribution in [2.75, 3.05) is 11.9 Å². The summed E-state index contributed by atoms with van der Waals surface area (Å²) in [6.45, 7) is 5.21. The van der Waals surface area contributed by atoms with E-state index in [0.29, 0.717) is 18.9 Å². The van der Waals surface area contributed by atoms with Crippen molar-refractivity contribution in [2.45, 2.75) is 20.4 Å². The number of phenolic OH excluding ortho intramolecular Hbond substituents is 1. The highest BCUT2D eigenvalue weighted by molar-refractivity contribution is 5.47. The highest BCUT2D eigenvalue weighted by Gasteiger charge is 2.03. The van der Waals surface area contributed by atoms with Crippen LogP contribution >= 0.6 is 0 Å². The number of rotatable bonds is 5. The monoisotopic (exact) mass is 257 g/mol. The van der Waals surface area contributed by atoms with Crippen molar-refractivity contribution in [2.24, 2.45) is 0 Å². The number of nitrogens with one attached hydrogen (secondary N) is 1. The van der Waals surface area contributed by atoms with E-state index in [9.17, 15) is 5.11 Å². The topological polar surface area (TPSA) is 41.5 Å². The van der Waals surface area contributed by atoms with Gasteiger partial charge < -0.3 is 15.2 Å². The summed E-state index contributed by atoms with van der Waals surface area (Å²) >= 11 is 0. The molecule has 0 heterocycles. The third kappa shape index (κ3) is 3.65. The lowest BCUT2D eigenvalue weighted by Gasteiger charge is -2.10. The van der Waals surface area contributed by atoms with Crippen LogP contribution in [-0.4, -0.2) is 11.7 Å². The normalized spacial score (nSPS) is 10.2. The Morgan fingerprint density at radius 1 is 1.16 bits per heavy atom. The van der Waals surface area contributed by atoms with Crippen LogP contribution in [0.1, 0.15) is 18.1 Å². The predicted molar refractivity (Wildman–Crippen MR) is 77.8 cm³/mol. The van der Waals surface area contributed by atoms with Gasteiger partial charge in [-0.25, -0.2) is 0 Å². The lowest BCUT2D eigenvalue weighted by molar-refractivity contribution is 0.318. The zero-order chi connectivity index (χ0) is 13.7. The van der Waals surface area contributed by atoms with Gasteiger partial charge in [-0.2, -0.15) is 0 Å². The zero-order valence-electron chi connectivity index (χ0n) is 11.3. The van der Waals surface area contributed by atoms with Crippen LogP contribution < -0.4 is 10.1 Å². The van der Waals surface area contributed by atoms with E-state index >= 15 is 0 Å². The minimum atomic E-state index is 0.182. The SMILES string of the molecule is CCOc1cc(CNc2cccc(C)c2)ccc1O. The van der Waals surface area contributed by atoms with Crippen molar-refractivity contribution < 1.29 is 9.84 Å². The largest absolute Gasteiger partial charge is 0.504 e. The quantitative estimate of drug-likeness (QED) is 0.858. The highest BCUT2D eigenvalue weighted by atomic mass is 16.5. The summed E-state index contributed by atoms with van der Waals surface area (Å²) < 4.78 is 5.37. The summed E-state index contributed by atoms with van der Waals surface area (Å²) in [4.78, 5) is 0. The first kappa shape index (κ1) is 13.3. The second-order valence-corrected chi connectivity index (χ2v) is 4.46. The molecule has 19 heavy (non-hydrogen) atoms. The fraction of sp³-hybridized carbons (Fsp3) is 0.250. The molecule has 2 rings (SSSR count). The van der Waals surface area contributed by atoms with Gasteiger partial charge in [0.2, 0.25) is 0 Å². The molecule has 3 heteroatoms. The van der Waals surface area contributed by atoms with Crippen molar-refractivity contribution >= 4 is 5.69 Å². The minimum absolute atomic E-state index is 0.182. The molecule has 0 fully saturated rings. The van der Waals surface area contributed by atoms with Crippen LogP contribution in [0.15, 0.2) is 42.5 Å². The first-order valence-corrected chi connectivity index (χ1v) is 6.44. The Morgan fingerprint density at radius 2 is 2.00 bits per heavy atom. The lowest BCUT2D eigenvalue weighted by atomic mass is 10.2. The van der Waals surface area contributed by atoms with Crippen LogP contribution in [-0.2, 0) is 6.54 Å². The minimum Gasteiger partial charge on any atom is -0.504 e. The predicted octanol–water partition coefficient (Wildman–Crippen LogP) is 3.71. The number of anilines is 1. The van der Waals surface area contributed by atoms with Gasteiger partial charge >= 0.3 is 0 Å². The van der Waals surface area contributed by atoms with Gasteiger partial charge in [0.05, 0.1) is 6.61 Å². The van der Waals surface area contributed by atoms with E-state index in [4.69, 9.17) is 4.74 Å². The molecule has 0 aliphatic heterocycles. The molecule has 2 aromatic carbocycles. The zero-order valence-corrected chi connectivity index (χ0v) is 11.3. The number of aryl methyl sites for hydroxylation is 1. The fourth-order valence-electron chi connectivity index (χ4n) is 1.90. The summed E-state index contributed by atoms with van der Waals surface area (Å²) in [6.07, 6.45) is 0. The van der Waals surface area contributed by atoms with E-state index in [1.807, 2.05) is 31.2 Å². The van der Waals surface area contributed by atoms with Crippen LogP contribution in [0.5, 0.6) is 11.5 Å². The summed E-state index contributed by atoms with van der Waals surface area (Å²) in [5.41, 5.74) is 3.39. The van der Waals surface area contributed by atoms with Crippen LogP contribution in [0.2, 0.25) is 0 Å². The summed E-state index contributed by atoms with van der Waals surface area (Å²) in [7, 11) is 0. The third-order valence-corrected chi connectivity index (χ3v) is 2.84. The molecule has 0 aliphatic carbocycles. The average molecular weight is 257 g/mol. The molecule has 0 saturated carbocycles. The summed E-state index contributed by atoms with van der Waals surface area (Å²) in [5, 5.41) is 13.0. The number of benzene rings is 2. The van der Waals surface area contributed by atoms with Gasteiger partial charge in [-0.05, 0) is 49.2 Å². The van der Waals surface area contributed by atoms with Gasteiger partial charge in [-0.1, -0.05) is 18.2 Å². The van der Waals surface area contributed by atoms with Crippen molar-refractivity contribution in [3.8, 4) is 11.5 Å². The molecule has 0 atom stereocenters. The average Bonchev–Trinajstić information content (AvgIpc) is 2.40. The fourth-order valence-corrected chi connectivity index (χ4v) is 1.90. The van der Waals surface area contributed by atoms with Crippen molar-refractivity contribution in [1.82, 2.24) is 0 Å². The van der Waals surface area contributed by atoms with E-state index in [-0.39, 0.29) is 5.75 Å². The Kier molecular flexibility index (Phi) is 4.29. The molecule has 2 aromatic rings. The smallest absolute Gasteiger partial charge is 0.161 e. The van der Waals surface area contributed by atoms with E-state index in [1.54, 1.807) is 6.07 Å². The first-order chi connectivity index (χ1) is 9.19. The third-order valence-electron chi connectivity index (χ3n) is 2.84. The second kappa shape index (κ2) is 6.14. The molecular formula is C16H19NO2. The molecular weight excluding hydrogens is 238 g/mol. The molecule has 0 spiro atoms. The first-order valence-electron chi connectivity index (χ1n) is 6.44. The van der Waals surface area contributed by atoms with E-state index in [1.165, 1.54) is 5.56 Å². The Hall–Kier alpha value is -2.16. The van der Waals surface area contributed by atoms with Crippen molar-refractivity contribution in [3.05, 3.63) is 53.6 Å². The number of hydrogen-bond acceptors (Lipinski definition) is 3. The maximum Gasteiger partial charge on any atom is 0.161 e. The maximum absolute atomic E-state index is 9.64. The van der Waals surface area contributed by atoms with E-state index < -0.39 is 0 Å². The highest BCUT2D eigenvalue weighted by Crippen LogP contribution is 2.27. The van der Waals surface area contributed by atoms with Gasteiger partial charge in [-0.3, -0.25) is 0 Å². The molecule has 100 valence electrons. The van der Waals surface area contributed by atoms with Gasteiger partial charge in [0.1, 0.15) is 0 Å². The molecule has 0 bridgehead atoms. The van der Waals surface area contributed by atoms with Gasteiger partial charge in [-0.15, -0.1) is 0 Å². The Labute approximate surface area is 113 Å². The lowest BCUT2D eigenvalue weighted by Crippen LogP contribution is -2.00. The van der Waals surface area contributed by atoms with Crippen LogP contribution in [0.4, 0.5) is 5.69 Å². The Bertz CT molecular complexity index is 552. The summed E-state index contributed by atoms with van der Waals surface area (Å²) in [6, 6.07) is 13.7. The molecule has 0 radical (unpaired) electrons. The second-order valence-electron chi connectivity index (χ2n) is 4.46. The molecule has 2 N–H and O–H groups in total. The molecule has 0 amide bonds. The molecule has 0 aromatic heterocycles.